The minimum absolute atomic E-state index is 0.0806. The van der Waals surface area contributed by atoms with Crippen molar-refractivity contribution in [2.24, 2.45) is 0 Å². The number of benzene rings is 2. The van der Waals surface area contributed by atoms with Crippen LogP contribution in [0.2, 0.25) is 5.02 Å². The van der Waals surface area contributed by atoms with Gasteiger partial charge in [0.15, 0.2) is 6.61 Å². The summed E-state index contributed by atoms with van der Waals surface area (Å²) in [6.45, 7) is 3.09. The molecule has 5 nitrogen and oxygen atoms in total. The van der Waals surface area contributed by atoms with Crippen LogP contribution in [0.3, 0.4) is 0 Å². The number of pyridine rings is 1. The minimum Gasteiger partial charge on any atom is -0.483 e. The number of aryl methyl sites for hydroxylation is 1. The molecule has 0 radical (unpaired) electrons. The second kappa shape index (κ2) is 9.88. The number of ether oxygens (including phenoxy) is 1. The lowest BCUT2D eigenvalue weighted by atomic mass is 10.2. The zero-order valence-corrected chi connectivity index (χ0v) is 16.4. The van der Waals surface area contributed by atoms with Gasteiger partial charge in [0, 0.05) is 35.6 Å². The Morgan fingerprint density at radius 3 is 2.64 bits per heavy atom. The van der Waals surface area contributed by atoms with Crippen molar-refractivity contribution in [1.29, 1.82) is 0 Å². The second-order valence-electron chi connectivity index (χ2n) is 6.38. The third-order valence-electron chi connectivity index (χ3n) is 4.06. The fourth-order valence-electron chi connectivity index (χ4n) is 2.63. The Kier molecular flexibility index (Phi) is 7.00. The Morgan fingerprint density at radius 1 is 1.07 bits per heavy atom. The third kappa shape index (κ3) is 6.08. The Morgan fingerprint density at radius 2 is 1.89 bits per heavy atom. The van der Waals surface area contributed by atoms with Crippen LogP contribution in [0.25, 0.3) is 0 Å². The molecule has 0 saturated carbocycles. The topological polar surface area (TPSA) is 63.2 Å². The number of anilines is 1. The van der Waals surface area contributed by atoms with Gasteiger partial charge in [-0.25, -0.2) is 0 Å². The molecule has 0 bridgehead atoms. The standard InChI is InChI=1S/C22H22ClN3O2/c1-16-5-8-19(9-6-16)26-22(27)15-28-21-10-7-18(23)12-17(21)13-24-14-20-4-2-3-11-25-20/h2-12,24H,13-15H2,1H3,(H,26,27). The van der Waals surface area contributed by atoms with E-state index in [2.05, 4.69) is 15.6 Å². The van der Waals surface area contributed by atoms with Crippen molar-refractivity contribution < 1.29 is 9.53 Å². The third-order valence-corrected chi connectivity index (χ3v) is 4.30. The van der Waals surface area contributed by atoms with E-state index < -0.39 is 0 Å². The highest BCUT2D eigenvalue weighted by molar-refractivity contribution is 6.30. The molecule has 1 amide bonds. The monoisotopic (exact) mass is 395 g/mol. The largest absolute Gasteiger partial charge is 0.483 e. The first-order valence-electron chi connectivity index (χ1n) is 8.98. The molecule has 0 atom stereocenters. The molecule has 0 fully saturated rings. The summed E-state index contributed by atoms with van der Waals surface area (Å²) >= 11 is 6.12. The number of halogens is 1. The van der Waals surface area contributed by atoms with Crippen molar-refractivity contribution >= 4 is 23.2 Å². The number of nitrogens with zero attached hydrogens (tertiary/aromatic N) is 1. The first kappa shape index (κ1) is 19.9. The molecule has 2 aromatic carbocycles. The number of aromatic nitrogens is 1. The van der Waals surface area contributed by atoms with Gasteiger partial charge in [0.1, 0.15) is 5.75 Å². The van der Waals surface area contributed by atoms with E-state index in [0.29, 0.717) is 23.9 Å². The number of carbonyl (C=O) groups is 1. The van der Waals surface area contributed by atoms with Crippen molar-refractivity contribution in [2.75, 3.05) is 11.9 Å². The minimum atomic E-state index is -0.216. The maximum atomic E-state index is 12.2. The van der Waals surface area contributed by atoms with Crippen LogP contribution in [0.15, 0.2) is 66.9 Å². The number of rotatable bonds is 8. The van der Waals surface area contributed by atoms with Gasteiger partial charge in [-0.05, 0) is 49.4 Å². The molecule has 1 heterocycles. The summed E-state index contributed by atoms with van der Waals surface area (Å²) in [7, 11) is 0. The normalized spacial score (nSPS) is 10.5. The van der Waals surface area contributed by atoms with Crippen molar-refractivity contribution in [3.8, 4) is 5.75 Å². The van der Waals surface area contributed by atoms with Crippen LogP contribution in [0.5, 0.6) is 5.75 Å². The van der Waals surface area contributed by atoms with E-state index in [1.165, 1.54) is 0 Å². The van der Waals surface area contributed by atoms with Gasteiger partial charge < -0.3 is 15.4 Å². The summed E-state index contributed by atoms with van der Waals surface area (Å²) in [5.74, 6) is 0.406. The van der Waals surface area contributed by atoms with Gasteiger partial charge in [-0.3, -0.25) is 9.78 Å². The van der Waals surface area contributed by atoms with Crippen LogP contribution in [0, 0.1) is 6.92 Å². The predicted octanol–water partition coefficient (Wildman–Crippen LogP) is 4.35. The van der Waals surface area contributed by atoms with Crippen LogP contribution in [-0.2, 0) is 17.9 Å². The highest BCUT2D eigenvalue weighted by Crippen LogP contribution is 2.23. The second-order valence-corrected chi connectivity index (χ2v) is 6.82. The molecule has 6 heteroatoms. The molecule has 0 aliphatic carbocycles. The molecule has 3 aromatic rings. The zero-order valence-electron chi connectivity index (χ0n) is 15.6. The molecule has 144 valence electrons. The van der Waals surface area contributed by atoms with E-state index in [9.17, 15) is 4.79 Å². The summed E-state index contributed by atoms with van der Waals surface area (Å²) in [5, 5.41) is 6.75. The van der Waals surface area contributed by atoms with E-state index in [1.807, 2.05) is 55.5 Å². The van der Waals surface area contributed by atoms with Gasteiger partial charge in [0.2, 0.25) is 0 Å². The lowest BCUT2D eigenvalue weighted by Gasteiger charge is -2.13. The summed E-state index contributed by atoms with van der Waals surface area (Å²) in [4.78, 5) is 16.4. The van der Waals surface area contributed by atoms with Crippen molar-refractivity contribution in [2.45, 2.75) is 20.0 Å². The van der Waals surface area contributed by atoms with Crippen LogP contribution < -0.4 is 15.4 Å². The highest BCUT2D eigenvalue weighted by Gasteiger charge is 2.09. The Bertz CT molecular complexity index is 915. The molecule has 0 aliphatic rings. The fourth-order valence-corrected chi connectivity index (χ4v) is 2.83. The van der Waals surface area contributed by atoms with Crippen LogP contribution in [0.4, 0.5) is 5.69 Å². The molecular weight excluding hydrogens is 374 g/mol. The van der Waals surface area contributed by atoms with Crippen molar-refractivity contribution in [3.05, 3.63) is 88.7 Å². The smallest absolute Gasteiger partial charge is 0.262 e. The van der Waals surface area contributed by atoms with E-state index in [0.717, 1.165) is 22.5 Å². The number of hydrogen-bond donors (Lipinski definition) is 2. The molecule has 0 spiro atoms. The van der Waals surface area contributed by atoms with Crippen LogP contribution in [-0.4, -0.2) is 17.5 Å². The quantitative estimate of drug-likeness (QED) is 0.595. The number of nitrogens with one attached hydrogen (secondary N) is 2. The summed E-state index contributed by atoms with van der Waals surface area (Å²) in [6, 6.07) is 18.8. The van der Waals surface area contributed by atoms with Gasteiger partial charge in [-0.1, -0.05) is 35.4 Å². The van der Waals surface area contributed by atoms with Gasteiger partial charge in [-0.2, -0.15) is 0 Å². The van der Waals surface area contributed by atoms with E-state index >= 15 is 0 Å². The SMILES string of the molecule is Cc1ccc(NC(=O)COc2ccc(Cl)cc2CNCc2ccccn2)cc1. The molecule has 0 aliphatic heterocycles. The zero-order chi connectivity index (χ0) is 19.8. The number of hydrogen-bond acceptors (Lipinski definition) is 4. The Labute approximate surface area is 169 Å². The summed E-state index contributed by atoms with van der Waals surface area (Å²) < 4.78 is 5.73. The van der Waals surface area contributed by atoms with E-state index in [1.54, 1.807) is 18.3 Å². The van der Waals surface area contributed by atoms with Crippen LogP contribution in [0.1, 0.15) is 16.8 Å². The molecule has 0 saturated heterocycles. The highest BCUT2D eigenvalue weighted by atomic mass is 35.5. The lowest BCUT2D eigenvalue weighted by molar-refractivity contribution is -0.118. The number of amides is 1. The summed E-state index contributed by atoms with van der Waals surface area (Å²) in [6.07, 6.45) is 1.76. The predicted molar refractivity (Wildman–Crippen MR) is 112 cm³/mol. The van der Waals surface area contributed by atoms with Gasteiger partial charge >= 0.3 is 0 Å². The van der Waals surface area contributed by atoms with Gasteiger partial charge in [0.25, 0.3) is 5.91 Å². The summed E-state index contributed by atoms with van der Waals surface area (Å²) in [5.41, 5.74) is 3.71. The molecule has 2 N–H and O–H groups in total. The molecular formula is C22H22ClN3O2. The average molecular weight is 396 g/mol. The van der Waals surface area contributed by atoms with Gasteiger partial charge in [-0.15, -0.1) is 0 Å². The molecule has 0 unspecified atom stereocenters. The Balaban J connectivity index is 1.55. The maximum absolute atomic E-state index is 12.2. The molecule has 1 aromatic heterocycles. The van der Waals surface area contributed by atoms with E-state index in [4.69, 9.17) is 16.3 Å². The van der Waals surface area contributed by atoms with Crippen molar-refractivity contribution in [3.63, 3.8) is 0 Å². The van der Waals surface area contributed by atoms with Gasteiger partial charge in [0.05, 0.1) is 5.69 Å². The van der Waals surface area contributed by atoms with Crippen molar-refractivity contribution in [1.82, 2.24) is 10.3 Å². The van der Waals surface area contributed by atoms with E-state index in [-0.39, 0.29) is 12.5 Å². The molecule has 28 heavy (non-hydrogen) atoms. The number of carbonyl (C=O) groups excluding carboxylic acids is 1. The lowest BCUT2D eigenvalue weighted by Crippen LogP contribution is -2.21. The molecule has 3 rings (SSSR count). The van der Waals surface area contributed by atoms with Crippen LogP contribution >= 0.6 is 11.6 Å². The fraction of sp³-hybridized carbons (Fsp3) is 0.182. The maximum Gasteiger partial charge on any atom is 0.262 e. The average Bonchev–Trinajstić information content (AvgIpc) is 2.70. The first-order chi connectivity index (χ1) is 13.6. The first-order valence-corrected chi connectivity index (χ1v) is 9.36. The Hall–Kier alpha value is -2.89.